The number of anilines is 1. The Kier molecular flexibility index (Phi) is 4.07. The number of fused-ring (bicyclic) bond motifs is 1. The molecule has 0 aliphatic heterocycles. The van der Waals surface area contributed by atoms with Crippen LogP contribution in [-0.4, -0.2) is 26.5 Å². The minimum Gasteiger partial charge on any atom is -0.364 e. The first-order chi connectivity index (χ1) is 8.65. The number of alkyl halides is 1. The van der Waals surface area contributed by atoms with Gasteiger partial charge in [-0.05, 0) is 18.4 Å². The van der Waals surface area contributed by atoms with Crippen LogP contribution in [0.4, 0.5) is 5.82 Å². The number of nitrogens with one attached hydrogen (secondary N) is 1. The summed E-state index contributed by atoms with van der Waals surface area (Å²) in [6.07, 6.45) is 4.60. The van der Waals surface area contributed by atoms with E-state index in [4.69, 9.17) is 11.6 Å². The molecular weight excluding hydrogens is 248 g/mol. The highest BCUT2D eigenvalue weighted by Gasteiger charge is 2.12. The quantitative estimate of drug-likeness (QED) is 0.845. The zero-order valence-corrected chi connectivity index (χ0v) is 11.8. The van der Waals surface area contributed by atoms with Gasteiger partial charge in [0, 0.05) is 24.3 Å². The standard InChI is InChI=1S/C13H19ClN4/c1-4-10(8-14)16-13-12-7-11(9(2)3)17-18(12)6-5-15-13/h5-7,9-10H,4,8H2,1-3H3,(H,15,16). The average Bonchev–Trinajstić information content (AvgIpc) is 2.80. The Morgan fingerprint density at radius 2 is 2.22 bits per heavy atom. The third-order valence-electron chi connectivity index (χ3n) is 3.02. The lowest BCUT2D eigenvalue weighted by Gasteiger charge is -2.14. The van der Waals surface area contributed by atoms with E-state index in [-0.39, 0.29) is 6.04 Å². The number of nitrogens with zero attached hydrogens (tertiary/aromatic N) is 3. The summed E-state index contributed by atoms with van der Waals surface area (Å²) in [5, 5.41) is 7.91. The highest BCUT2D eigenvalue weighted by Crippen LogP contribution is 2.20. The molecule has 1 unspecified atom stereocenters. The van der Waals surface area contributed by atoms with E-state index in [2.05, 4.69) is 42.2 Å². The molecule has 0 fully saturated rings. The maximum Gasteiger partial charge on any atom is 0.152 e. The number of rotatable bonds is 5. The SMILES string of the molecule is CCC(CCl)Nc1nccn2nc(C(C)C)cc12. The smallest absolute Gasteiger partial charge is 0.152 e. The lowest BCUT2D eigenvalue weighted by Crippen LogP contribution is -2.21. The third kappa shape index (κ3) is 2.58. The molecule has 0 saturated carbocycles. The molecule has 0 amide bonds. The highest BCUT2D eigenvalue weighted by atomic mass is 35.5. The minimum absolute atomic E-state index is 0.239. The van der Waals surface area contributed by atoms with Crippen molar-refractivity contribution in [3.63, 3.8) is 0 Å². The summed E-state index contributed by atoms with van der Waals surface area (Å²) in [6, 6.07) is 2.32. The van der Waals surface area contributed by atoms with Gasteiger partial charge >= 0.3 is 0 Å². The molecule has 2 rings (SSSR count). The average molecular weight is 267 g/mol. The molecule has 18 heavy (non-hydrogen) atoms. The molecule has 5 heteroatoms. The first kappa shape index (κ1) is 13.1. The number of halogens is 1. The van der Waals surface area contributed by atoms with E-state index in [1.54, 1.807) is 6.20 Å². The van der Waals surface area contributed by atoms with Gasteiger partial charge in [0.1, 0.15) is 5.52 Å². The molecule has 0 spiro atoms. The second kappa shape index (κ2) is 5.57. The fourth-order valence-electron chi connectivity index (χ4n) is 1.78. The van der Waals surface area contributed by atoms with E-state index in [0.717, 1.165) is 23.4 Å². The largest absolute Gasteiger partial charge is 0.364 e. The van der Waals surface area contributed by atoms with Gasteiger partial charge < -0.3 is 5.32 Å². The van der Waals surface area contributed by atoms with E-state index >= 15 is 0 Å². The highest BCUT2D eigenvalue weighted by molar-refractivity contribution is 6.18. The molecule has 2 heterocycles. The molecule has 0 saturated heterocycles. The molecule has 0 aliphatic rings. The first-order valence-corrected chi connectivity index (χ1v) is 6.86. The lowest BCUT2D eigenvalue weighted by molar-refractivity contribution is 0.762. The van der Waals surface area contributed by atoms with Crippen molar-refractivity contribution < 1.29 is 0 Å². The maximum absolute atomic E-state index is 5.91. The topological polar surface area (TPSA) is 42.2 Å². The number of aromatic nitrogens is 3. The molecular formula is C13H19ClN4. The van der Waals surface area contributed by atoms with Crippen LogP contribution in [0.15, 0.2) is 18.5 Å². The summed E-state index contributed by atoms with van der Waals surface area (Å²) in [7, 11) is 0. The maximum atomic E-state index is 5.91. The van der Waals surface area contributed by atoms with E-state index in [1.807, 2.05) is 10.7 Å². The summed E-state index contributed by atoms with van der Waals surface area (Å²) in [4.78, 5) is 4.38. The molecule has 1 atom stereocenters. The minimum atomic E-state index is 0.239. The van der Waals surface area contributed by atoms with Crippen molar-refractivity contribution in [3.8, 4) is 0 Å². The molecule has 0 aromatic carbocycles. The van der Waals surface area contributed by atoms with Crippen LogP contribution in [-0.2, 0) is 0 Å². The van der Waals surface area contributed by atoms with Gasteiger partial charge in [0.25, 0.3) is 0 Å². The van der Waals surface area contributed by atoms with Crippen LogP contribution in [0.3, 0.4) is 0 Å². The summed E-state index contributed by atoms with van der Waals surface area (Å²) in [6.45, 7) is 6.38. The van der Waals surface area contributed by atoms with Gasteiger partial charge in [0.2, 0.25) is 0 Å². The van der Waals surface area contributed by atoms with E-state index in [0.29, 0.717) is 11.8 Å². The van der Waals surface area contributed by atoms with Crippen LogP contribution < -0.4 is 5.32 Å². The Labute approximate surface area is 112 Å². The zero-order chi connectivity index (χ0) is 13.1. The van der Waals surface area contributed by atoms with Crippen molar-refractivity contribution in [2.24, 2.45) is 0 Å². The Morgan fingerprint density at radius 3 is 2.83 bits per heavy atom. The van der Waals surface area contributed by atoms with Gasteiger partial charge in [0.05, 0.1) is 5.69 Å². The Bertz CT molecular complexity index is 517. The van der Waals surface area contributed by atoms with E-state index in [1.165, 1.54) is 0 Å². The summed E-state index contributed by atoms with van der Waals surface area (Å²) in [5.41, 5.74) is 2.08. The molecule has 0 radical (unpaired) electrons. The fourth-order valence-corrected chi connectivity index (χ4v) is 2.07. The predicted molar refractivity (Wildman–Crippen MR) is 75.5 cm³/mol. The number of hydrogen-bond donors (Lipinski definition) is 1. The number of hydrogen-bond acceptors (Lipinski definition) is 3. The van der Waals surface area contributed by atoms with Crippen LogP contribution >= 0.6 is 11.6 Å². The molecule has 98 valence electrons. The fraction of sp³-hybridized carbons (Fsp3) is 0.538. The van der Waals surface area contributed by atoms with Crippen LogP contribution in [0.25, 0.3) is 5.52 Å². The van der Waals surface area contributed by atoms with Gasteiger partial charge in [0.15, 0.2) is 5.82 Å². The van der Waals surface area contributed by atoms with Gasteiger partial charge in [-0.2, -0.15) is 5.10 Å². The molecule has 2 aromatic heterocycles. The van der Waals surface area contributed by atoms with Crippen molar-refractivity contribution in [1.82, 2.24) is 14.6 Å². The van der Waals surface area contributed by atoms with Crippen molar-refractivity contribution in [2.75, 3.05) is 11.2 Å². The Balaban J connectivity index is 2.38. The summed E-state index contributed by atoms with van der Waals surface area (Å²) < 4.78 is 1.87. The molecule has 0 bridgehead atoms. The van der Waals surface area contributed by atoms with Crippen molar-refractivity contribution in [1.29, 1.82) is 0 Å². The predicted octanol–water partition coefficient (Wildman–Crippen LogP) is 3.28. The van der Waals surface area contributed by atoms with Gasteiger partial charge in [-0.1, -0.05) is 20.8 Å². The van der Waals surface area contributed by atoms with E-state index < -0.39 is 0 Å². The van der Waals surface area contributed by atoms with Gasteiger partial charge in [-0.3, -0.25) is 0 Å². The summed E-state index contributed by atoms with van der Waals surface area (Å²) >= 11 is 5.91. The third-order valence-corrected chi connectivity index (χ3v) is 3.39. The Morgan fingerprint density at radius 1 is 1.44 bits per heavy atom. The van der Waals surface area contributed by atoms with Gasteiger partial charge in [-0.15, -0.1) is 11.6 Å². The van der Waals surface area contributed by atoms with Crippen LogP contribution in [0.5, 0.6) is 0 Å². The monoisotopic (exact) mass is 266 g/mol. The first-order valence-electron chi connectivity index (χ1n) is 6.32. The van der Waals surface area contributed by atoms with Crippen LogP contribution in [0.1, 0.15) is 38.8 Å². The Hall–Kier alpha value is -1.29. The van der Waals surface area contributed by atoms with E-state index in [9.17, 15) is 0 Å². The molecule has 2 aromatic rings. The normalized spacial score (nSPS) is 13.2. The van der Waals surface area contributed by atoms with Crippen molar-refractivity contribution in [3.05, 3.63) is 24.2 Å². The van der Waals surface area contributed by atoms with Gasteiger partial charge in [-0.25, -0.2) is 9.50 Å². The van der Waals surface area contributed by atoms with Crippen molar-refractivity contribution in [2.45, 2.75) is 39.2 Å². The second-order valence-corrected chi connectivity index (χ2v) is 5.04. The molecule has 4 nitrogen and oxygen atoms in total. The lowest BCUT2D eigenvalue weighted by atomic mass is 10.1. The van der Waals surface area contributed by atoms with Crippen LogP contribution in [0, 0.1) is 0 Å². The van der Waals surface area contributed by atoms with Crippen LogP contribution in [0.2, 0.25) is 0 Å². The summed E-state index contributed by atoms with van der Waals surface area (Å²) in [5.74, 6) is 1.84. The second-order valence-electron chi connectivity index (χ2n) is 4.73. The molecule has 1 N–H and O–H groups in total. The molecule has 0 aliphatic carbocycles. The van der Waals surface area contributed by atoms with Crippen molar-refractivity contribution >= 4 is 22.9 Å². The zero-order valence-electron chi connectivity index (χ0n) is 11.0.